The first-order valence-electron chi connectivity index (χ1n) is 14.1. The topological polar surface area (TPSA) is 217 Å². The largest absolute Gasteiger partial charge is 0.457 e. The number of hydrogen-bond donors (Lipinski definition) is 6. The quantitative estimate of drug-likeness (QED) is 0.113. The summed E-state index contributed by atoms with van der Waals surface area (Å²) in [4.78, 5) is 12.8. The second-order valence-electron chi connectivity index (χ2n) is 10.8. The molecular formula is C30H36N10O3S. The molecule has 2 unspecified atom stereocenters. The normalized spacial score (nSPS) is 17.3. The zero-order valence-electron chi connectivity index (χ0n) is 24.5. The van der Waals surface area contributed by atoms with Gasteiger partial charge in [0.05, 0.1) is 10.6 Å². The Balaban J connectivity index is 1.33. The number of fused-ring (bicyclic) bond motifs is 1. The summed E-state index contributed by atoms with van der Waals surface area (Å²) in [5, 5.41) is 25.4. The van der Waals surface area contributed by atoms with E-state index in [-0.39, 0.29) is 34.5 Å². The lowest BCUT2D eigenvalue weighted by Crippen LogP contribution is -2.34. The Labute approximate surface area is 255 Å². The fraction of sp³-hybridized carbons (Fsp3) is 0.267. The van der Waals surface area contributed by atoms with Crippen LogP contribution >= 0.6 is 0 Å². The number of sulfonamides is 1. The van der Waals surface area contributed by atoms with E-state index in [0.717, 1.165) is 36.4 Å². The van der Waals surface area contributed by atoms with Gasteiger partial charge in [-0.05, 0) is 79.9 Å². The molecule has 2 aromatic heterocycles. The lowest BCUT2D eigenvalue weighted by Gasteiger charge is -2.22. The average molecular weight is 617 g/mol. The van der Waals surface area contributed by atoms with Crippen molar-refractivity contribution in [3.05, 3.63) is 77.7 Å². The van der Waals surface area contributed by atoms with E-state index in [1.807, 2.05) is 37.3 Å². The Morgan fingerprint density at radius 2 is 1.86 bits per heavy atom. The van der Waals surface area contributed by atoms with Gasteiger partial charge >= 0.3 is 0 Å². The lowest BCUT2D eigenvalue weighted by molar-refractivity contribution is 0.343. The van der Waals surface area contributed by atoms with Crippen LogP contribution in [0.15, 0.2) is 70.0 Å². The van der Waals surface area contributed by atoms with Crippen molar-refractivity contribution in [2.24, 2.45) is 28.4 Å². The Hall–Kier alpha value is -4.79. The molecule has 1 fully saturated rings. The van der Waals surface area contributed by atoms with Crippen molar-refractivity contribution >= 4 is 56.3 Å². The van der Waals surface area contributed by atoms with Crippen molar-refractivity contribution in [2.45, 2.75) is 18.7 Å². The van der Waals surface area contributed by atoms with Gasteiger partial charge in [-0.15, -0.1) is 0 Å². The fourth-order valence-corrected chi connectivity index (χ4v) is 5.85. The van der Waals surface area contributed by atoms with Gasteiger partial charge in [-0.2, -0.15) is 4.98 Å². The third-order valence-corrected chi connectivity index (χ3v) is 8.55. The first-order valence-corrected chi connectivity index (χ1v) is 15.6. The van der Waals surface area contributed by atoms with E-state index in [1.165, 1.54) is 29.2 Å². The number of aryl methyl sites for hydroxylation is 1. The monoisotopic (exact) mass is 616 g/mol. The van der Waals surface area contributed by atoms with E-state index in [1.54, 1.807) is 6.07 Å². The van der Waals surface area contributed by atoms with Crippen LogP contribution in [-0.4, -0.2) is 61.3 Å². The summed E-state index contributed by atoms with van der Waals surface area (Å²) in [5.74, 6) is 1.73. The van der Waals surface area contributed by atoms with Crippen LogP contribution in [0, 0.1) is 29.6 Å². The molecule has 5 rings (SSSR count). The Morgan fingerprint density at radius 1 is 1.11 bits per heavy atom. The highest BCUT2D eigenvalue weighted by Gasteiger charge is 2.30. The van der Waals surface area contributed by atoms with Crippen LogP contribution in [0.2, 0.25) is 0 Å². The molecular weight excluding hydrogens is 580 g/mol. The number of anilines is 3. The van der Waals surface area contributed by atoms with Gasteiger partial charge in [-0.25, -0.2) is 23.4 Å². The number of furan rings is 1. The first-order chi connectivity index (χ1) is 20.9. The van der Waals surface area contributed by atoms with Crippen LogP contribution in [0.1, 0.15) is 23.9 Å². The summed E-state index contributed by atoms with van der Waals surface area (Å²) in [5.41, 5.74) is 14.0. The third-order valence-electron chi connectivity index (χ3n) is 7.62. The number of nitrogens with one attached hydrogen (secondary N) is 3. The molecule has 2 aromatic carbocycles. The summed E-state index contributed by atoms with van der Waals surface area (Å²) in [6.07, 6.45) is 4.19. The number of nitrogens with two attached hydrogens (primary N) is 3. The number of rotatable bonds is 10. The fourth-order valence-electron chi connectivity index (χ4n) is 5.34. The summed E-state index contributed by atoms with van der Waals surface area (Å²) < 4.78 is 29.3. The van der Waals surface area contributed by atoms with Crippen molar-refractivity contribution in [3.63, 3.8) is 0 Å². The van der Waals surface area contributed by atoms with Gasteiger partial charge in [0, 0.05) is 42.3 Å². The molecule has 0 saturated carbocycles. The van der Waals surface area contributed by atoms with Crippen molar-refractivity contribution in [3.8, 4) is 0 Å². The molecule has 0 spiro atoms. The minimum absolute atomic E-state index is 0.0185. The molecule has 14 heteroatoms. The number of aromatic nitrogens is 2. The lowest BCUT2D eigenvalue weighted by atomic mass is 9.95. The standard InChI is InChI=1S/C30H36N10O3S/c1-3-39-16-20(4-8-24-14-21-13-19(28(31)32)5-11-26(21)43-24)22(17-39)15-36-27-12-18(2)37-30(38-27)40(29(33)34)23-6-9-25(10-7-23)44(35,41)42/h4-14,20,22H,3,15-17H2,1-2H3,(H3,31,32)(H3,33,34)(H2,35,41,42)(H,36,37,38)/b8-4+. The highest BCUT2D eigenvalue weighted by atomic mass is 32.2. The number of benzene rings is 2. The van der Waals surface area contributed by atoms with Crippen molar-refractivity contribution < 1.29 is 12.8 Å². The number of guanidine groups is 1. The maximum atomic E-state index is 11.7. The maximum absolute atomic E-state index is 11.7. The summed E-state index contributed by atoms with van der Waals surface area (Å²) >= 11 is 0. The molecule has 2 atom stereocenters. The molecule has 4 aromatic rings. The van der Waals surface area contributed by atoms with E-state index < -0.39 is 10.0 Å². The highest BCUT2D eigenvalue weighted by Crippen LogP contribution is 2.29. The highest BCUT2D eigenvalue weighted by molar-refractivity contribution is 7.89. The third kappa shape index (κ3) is 6.88. The van der Waals surface area contributed by atoms with E-state index >= 15 is 0 Å². The second kappa shape index (κ2) is 12.4. The molecule has 0 bridgehead atoms. The van der Waals surface area contributed by atoms with Gasteiger partial charge in [0.15, 0.2) is 5.96 Å². The predicted molar refractivity (Wildman–Crippen MR) is 172 cm³/mol. The molecule has 0 amide bonds. The van der Waals surface area contributed by atoms with Gasteiger partial charge in [0.2, 0.25) is 16.0 Å². The summed E-state index contributed by atoms with van der Waals surface area (Å²) in [6.45, 7) is 7.38. The van der Waals surface area contributed by atoms with Gasteiger partial charge < -0.3 is 26.1 Å². The van der Waals surface area contributed by atoms with Gasteiger partial charge in [0.25, 0.3) is 0 Å². The smallest absolute Gasteiger partial charge is 0.239 e. The Kier molecular flexibility index (Phi) is 8.67. The Morgan fingerprint density at radius 3 is 2.52 bits per heavy atom. The van der Waals surface area contributed by atoms with E-state index in [4.69, 9.17) is 31.8 Å². The second-order valence-corrected chi connectivity index (χ2v) is 12.3. The predicted octanol–water partition coefficient (Wildman–Crippen LogP) is 3.19. The average Bonchev–Trinajstić information content (AvgIpc) is 3.57. The molecule has 230 valence electrons. The van der Waals surface area contributed by atoms with Gasteiger partial charge in [-0.3, -0.25) is 10.8 Å². The van der Waals surface area contributed by atoms with E-state index in [9.17, 15) is 8.42 Å². The molecule has 3 heterocycles. The molecule has 1 aliphatic heterocycles. The molecule has 0 aliphatic carbocycles. The SMILES string of the molecule is CCN1CC(/C=C/c2cc3cc(C(=N)N)ccc3o2)C(CNc2cc(C)nc(N(C(=N)N)c3ccc(S(N)(=O)=O)cc3)n2)C1. The van der Waals surface area contributed by atoms with Crippen LogP contribution in [-0.2, 0) is 10.0 Å². The van der Waals surface area contributed by atoms with Crippen LogP contribution in [0.5, 0.6) is 0 Å². The number of amidine groups is 1. The molecule has 1 saturated heterocycles. The van der Waals surface area contributed by atoms with E-state index in [0.29, 0.717) is 29.3 Å². The number of primary sulfonamides is 1. The van der Waals surface area contributed by atoms with Crippen molar-refractivity contribution in [1.29, 1.82) is 10.8 Å². The van der Waals surface area contributed by atoms with Crippen LogP contribution in [0.3, 0.4) is 0 Å². The zero-order valence-corrected chi connectivity index (χ0v) is 25.3. The number of nitrogen functional groups attached to an aromatic ring is 1. The molecule has 0 radical (unpaired) electrons. The minimum Gasteiger partial charge on any atom is -0.457 e. The van der Waals surface area contributed by atoms with E-state index in [2.05, 4.69) is 33.2 Å². The van der Waals surface area contributed by atoms with Gasteiger partial charge in [0.1, 0.15) is 23.0 Å². The summed E-state index contributed by atoms with van der Waals surface area (Å²) in [7, 11) is -3.87. The first kappa shape index (κ1) is 30.7. The Bertz CT molecular complexity index is 1840. The molecule has 1 aliphatic rings. The number of hydrogen-bond acceptors (Lipinski definition) is 9. The molecule has 9 N–H and O–H groups in total. The van der Waals surface area contributed by atoms with Gasteiger partial charge in [-0.1, -0.05) is 13.0 Å². The number of likely N-dealkylation sites (tertiary alicyclic amines) is 1. The number of nitrogens with zero attached hydrogens (tertiary/aromatic N) is 4. The van der Waals surface area contributed by atoms with Crippen LogP contribution < -0.4 is 26.8 Å². The van der Waals surface area contributed by atoms with Crippen molar-refractivity contribution in [1.82, 2.24) is 14.9 Å². The maximum Gasteiger partial charge on any atom is 0.239 e. The summed E-state index contributed by atoms with van der Waals surface area (Å²) in [6, 6.07) is 14.9. The van der Waals surface area contributed by atoms with Crippen LogP contribution in [0.25, 0.3) is 17.0 Å². The minimum atomic E-state index is -3.87. The van der Waals surface area contributed by atoms with Crippen LogP contribution in [0.4, 0.5) is 17.5 Å². The molecule has 44 heavy (non-hydrogen) atoms. The van der Waals surface area contributed by atoms with Crippen molar-refractivity contribution in [2.75, 3.05) is 36.4 Å². The zero-order chi connectivity index (χ0) is 31.6. The molecule has 13 nitrogen and oxygen atoms in total.